The summed E-state index contributed by atoms with van der Waals surface area (Å²) in [6.45, 7) is 7.94. The van der Waals surface area contributed by atoms with Crippen molar-refractivity contribution in [2.75, 3.05) is 51.3 Å². The summed E-state index contributed by atoms with van der Waals surface area (Å²) in [5, 5.41) is 9.51. The minimum Gasteiger partial charge on any atom is -0.365 e. The van der Waals surface area contributed by atoms with Gasteiger partial charge in [0.05, 0.1) is 5.69 Å². The lowest BCUT2D eigenvalue weighted by Gasteiger charge is -2.32. The third-order valence-electron chi connectivity index (χ3n) is 7.63. The van der Waals surface area contributed by atoms with E-state index in [4.69, 9.17) is 15.3 Å². The smallest absolute Gasteiger partial charge is 0.251 e. The molecule has 0 aliphatic carbocycles. The molecule has 4 heterocycles. The summed E-state index contributed by atoms with van der Waals surface area (Å²) in [5.74, 6) is -0.759. The van der Waals surface area contributed by atoms with Gasteiger partial charge in [-0.2, -0.15) is 5.11 Å². The van der Waals surface area contributed by atoms with Gasteiger partial charge in [-0.3, -0.25) is 14.4 Å². The van der Waals surface area contributed by atoms with Gasteiger partial charge < -0.3 is 24.8 Å². The number of ketones is 1. The number of aromatic nitrogens is 1. The molecule has 1 aromatic heterocycles. The molecule has 0 radical (unpaired) electrons. The number of nitrogens with zero attached hydrogens (tertiary/aromatic N) is 5. The number of anilines is 1. The fraction of sp³-hybridized carbons (Fsp3) is 0.556. The van der Waals surface area contributed by atoms with Gasteiger partial charge in [0.25, 0.3) is 5.91 Å². The second-order valence-corrected chi connectivity index (χ2v) is 11.7. The molecule has 3 aliphatic rings. The van der Waals surface area contributed by atoms with E-state index in [1.807, 2.05) is 31.4 Å². The Morgan fingerprint density at radius 3 is 2.59 bits per heavy atom. The predicted molar refractivity (Wildman–Crippen MR) is 147 cm³/mol. The molecule has 2 unspecified atom stereocenters. The second kappa shape index (κ2) is 11.5. The van der Waals surface area contributed by atoms with Gasteiger partial charge in [-0.25, -0.2) is 10.5 Å². The Balaban J connectivity index is 1.26. The summed E-state index contributed by atoms with van der Waals surface area (Å²) in [7, 11) is 2.13. The number of carbonyl (C=O) groups excluding carboxylic acids is 3. The minimum atomic E-state index is -0.805. The van der Waals surface area contributed by atoms with E-state index in [0.717, 1.165) is 42.6 Å². The Kier molecular flexibility index (Phi) is 8.06. The third-order valence-corrected chi connectivity index (χ3v) is 8.53. The zero-order valence-electron chi connectivity index (χ0n) is 22.5. The molecule has 2 amide bonds. The van der Waals surface area contributed by atoms with Gasteiger partial charge in [0, 0.05) is 49.2 Å². The maximum Gasteiger partial charge on any atom is 0.251 e. The number of ether oxygens (including phenoxy) is 1. The molecule has 39 heavy (non-hydrogen) atoms. The quantitative estimate of drug-likeness (QED) is 0.480. The molecule has 3 aliphatic heterocycles. The Hall–Kier alpha value is -3.22. The van der Waals surface area contributed by atoms with Crippen LogP contribution in [0.25, 0.3) is 11.3 Å². The summed E-state index contributed by atoms with van der Waals surface area (Å²) in [6.07, 6.45) is -0.174. The van der Waals surface area contributed by atoms with Gasteiger partial charge in [-0.1, -0.05) is 26.0 Å². The van der Waals surface area contributed by atoms with Crippen molar-refractivity contribution in [3.63, 3.8) is 0 Å². The monoisotopic (exact) mass is 553 g/mol. The van der Waals surface area contributed by atoms with E-state index >= 15 is 0 Å². The molecule has 4 atom stereocenters. The Morgan fingerprint density at radius 2 is 1.92 bits per heavy atom. The van der Waals surface area contributed by atoms with Crippen LogP contribution in [0.15, 0.2) is 34.8 Å². The van der Waals surface area contributed by atoms with Crippen molar-refractivity contribution in [3.8, 4) is 11.3 Å². The molecule has 208 valence electrons. The van der Waals surface area contributed by atoms with Crippen molar-refractivity contribution in [1.29, 1.82) is 5.53 Å². The summed E-state index contributed by atoms with van der Waals surface area (Å²) in [6, 6.07) is 5.10. The molecule has 0 spiro atoms. The first-order valence-electron chi connectivity index (χ1n) is 13.4. The van der Waals surface area contributed by atoms with Gasteiger partial charge >= 0.3 is 0 Å². The maximum absolute atomic E-state index is 13.6. The van der Waals surface area contributed by atoms with Crippen molar-refractivity contribution in [2.24, 2.45) is 11.0 Å². The Bertz CT molecular complexity index is 1220. The zero-order valence-corrected chi connectivity index (χ0v) is 23.3. The molecule has 5 rings (SSSR count). The van der Waals surface area contributed by atoms with Crippen LogP contribution in [0, 0.1) is 11.4 Å². The number of hydrogen-bond donors (Lipinski definition) is 2. The minimum absolute atomic E-state index is 0.0887. The highest BCUT2D eigenvalue weighted by molar-refractivity contribution is 7.14. The highest BCUT2D eigenvalue weighted by atomic mass is 32.1. The lowest BCUT2D eigenvalue weighted by atomic mass is 10.0. The average molecular weight is 554 g/mol. The maximum atomic E-state index is 13.6. The second-order valence-electron chi connectivity index (χ2n) is 10.9. The molecule has 11 nitrogen and oxygen atoms in total. The first kappa shape index (κ1) is 27.4. The van der Waals surface area contributed by atoms with Crippen LogP contribution in [0.2, 0.25) is 0 Å². The zero-order chi connectivity index (χ0) is 27.7. The normalized spacial score (nSPS) is 24.2. The van der Waals surface area contributed by atoms with Crippen LogP contribution in [0.4, 0.5) is 5.13 Å². The van der Waals surface area contributed by atoms with Crippen LogP contribution in [0.5, 0.6) is 0 Å². The molecule has 3 fully saturated rings. The van der Waals surface area contributed by atoms with Crippen molar-refractivity contribution in [2.45, 2.75) is 44.5 Å². The fourth-order valence-corrected chi connectivity index (χ4v) is 6.33. The van der Waals surface area contributed by atoms with E-state index in [-0.39, 0.29) is 36.7 Å². The van der Waals surface area contributed by atoms with Crippen molar-refractivity contribution in [3.05, 3.63) is 35.2 Å². The van der Waals surface area contributed by atoms with Crippen molar-refractivity contribution >= 4 is 34.1 Å². The number of hydrogen-bond acceptors (Lipinski definition) is 10. The number of likely N-dealkylation sites (tertiary alicyclic amines) is 1. The van der Waals surface area contributed by atoms with Crippen molar-refractivity contribution in [1.82, 2.24) is 20.1 Å². The number of piperazine rings is 1. The Labute approximate surface area is 232 Å². The molecule has 1 aromatic carbocycles. The summed E-state index contributed by atoms with van der Waals surface area (Å²) in [4.78, 5) is 50.1. The topological polar surface area (TPSA) is 131 Å². The molecule has 3 saturated heterocycles. The first-order chi connectivity index (χ1) is 18.7. The number of nitrogens with one attached hydrogen (secondary N) is 2. The SMILES string of the molecule is CC(C)C[C@H](NC(=O)c1ccc(-c2csc(N3CCN(C)CC3)n2)cc1)C(=O)N1C[C@@H](N=N)C2OCC(=O)C21. The van der Waals surface area contributed by atoms with E-state index in [9.17, 15) is 14.4 Å². The number of amides is 2. The standard InChI is InChI=1S/C27H35N7O4S/c1-16(2)12-19(26(37)34-13-20(31-28)24-23(34)22(35)14-38-24)29-25(36)18-6-4-17(5-7-18)21-15-39-27(30-21)33-10-8-32(3)9-11-33/h4-7,15-16,19-20,23-24,28H,8-14H2,1-3H3,(H,29,36)/t19-,20+,23?,24?/m0/s1. The molecule has 2 aromatic rings. The number of fused-ring (bicyclic) bond motifs is 1. The van der Waals surface area contributed by atoms with E-state index in [1.165, 1.54) is 4.90 Å². The number of rotatable bonds is 8. The van der Waals surface area contributed by atoms with Crippen LogP contribution >= 0.6 is 11.3 Å². The fourth-order valence-electron chi connectivity index (χ4n) is 5.44. The van der Waals surface area contributed by atoms with Crippen LogP contribution in [-0.4, -0.2) is 103 Å². The number of likely N-dealkylation sites (N-methyl/N-ethyl adjacent to an activating group) is 1. The number of benzene rings is 1. The summed E-state index contributed by atoms with van der Waals surface area (Å²) in [5.41, 5.74) is 9.68. The van der Waals surface area contributed by atoms with E-state index in [0.29, 0.717) is 12.0 Å². The van der Waals surface area contributed by atoms with Gasteiger partial charge in [0.15, 0.2) is 10.9 Å². The van der Waals surface area contributed by atoms with Crippen molar-refractivity contribution < 1.29 is 19.1 Å². The Morgan fingerprint density at radius 1 is 1.21 bits per heavy atom. The molecule has 0 bridgehead atoms. The number of thiazole rings is 1. The summed E-state index contributed by atoms with van der Waals surface area (Å²) < 4.78 is 5.52. The molecular formula is C27H35N7O4S. The lowest BCUT2D eigenvalue weighted by molar-refractivity contribution is -0.138. The highest BCUT2D eigenvalue weighted by Gasteiger charge is 2.53. The van der Waals surface area contributed by atoms with Gasteiger partial charge in [0.1, 0.15) is 30.8 Å². The molecular weight excluding hydrogens is 518 g/mol. The van der Waals surface area contributed by atoms with E-state index in [2.05, 4.69) is 27.3 Å². The van der Waals surface area contributed by atoms with E-state index in [1.54, 1.807) is 23.5 Å². The van der Waals surface area contributed by atoms with E-state index < -0.39 is 24.2 Å². The van der Waals surface area contributed by atoms with Gasteiger partial charge in [-0.15, -0.1) is 11.3 Å². The largest absolute Gasteiger partial charge is 0.365 e. The van der Waals surface area contributed by atoms with Crippen LogP contribution in [-0.2, 0) is 14.3 Å². The molecule has 2 N–H and O–H groups in total. The third kappa shape index (κ3) is 5.73. The predicted octanol–water partition coefficient (Wildman–Crippen LogP) is 2.28. The average Bonchev–Trinajstić information content (AvgIpc) is 3.65. The summed E-state index contributed by atoms with van der Waals surface area (Å²) >= 11 is 1.62. The van der Waals surface area contributed by atoms with Gasteiger partial charge in [0.2, 0.25) is 5.91 Å². The molecule has 12 heteroatoms. The lowest BCUT2D eigenvalue weighted by Crippen LogP contribution is -2.52. The molecule has 0 saturated carbocycles. The number of Topliss-reactive ketones (excluding diaryl/α,β-unsaturated/α-hetero) is 1. The first-order valence-corrected chi connectivity index (χ1v) is 14.2. The van der Waals surface area contributed by atoms with Crippen LogP contribution in [0.1, 0.15) is 30.6 Å². The van der Waals surface area contributed by atoms with Gasteiger partial charge in [-0.05, 0) is 31.5 Å². The van der Waals surface area contributed by atoms with Crippen LogP contribution < -0.4 is 10.2 Å². The van der Waals surface area contributed by atoms with Crippen LogP contribution in [0.3, 0.4) is 0 Å². The highest BCUT2D eigenvalue weighted by Crippen LogP contribution is 2.31. The number of carbonyl (C=O) groups is 3.